The summed E-state index contributed by atoms with van der Waals surface area (Å²) in [5, 5.41) is 5.58. The Morgan fingerprint density at radius 1 is 0.444 bits per heavy atom. The quantitative estimate of drug-likeness (QED) is 0.298. The Morgan fingerprint density at radius 2 is 1.07 bits per heavy atom. The molecule has 0 radical (unpaired) electrons. The summed E-state index contributed by atoms with van der Waals surface area (Å²) in [5.74, 6) is 0. The van der Waals surface area contributed by atoms with E-state index in [2.05, 4.69) is 91.0 Å². The lowest BCUT2D eigenvalue weighted by Gasteiger charge is -2.14. The Balaban J connectivity index is 1.90. The third kappa shape index (κ3) is 2.70. The number of hydrogen-bond acceptors (Lipinski definition) is 0. The van der Waals surface area contributed by atoms with Gasteiger partial charge in [-0.2, -0.15) is 0 Å². The number of fused-ring (bicyclic) bond motifs is 2. The lowest BCUT2D eigenvalue weighted by atomic mass is 9.89. The molecule has 1 heteroatoms. The van der Waals surface area contributed by atoms with Gasteiger partial charge in [-0.15, -0.1) is 0 Å². The van der Waals surface area contributed by atoms with Crippen LogP contribution in [0.4, 0.5) is 0 Å². The molecule has 0 aliphatic rings. The molecule has 0 atom stereocenters. The molecule has 5 aromatic carbocycles. The molecule has 0 aromatic heterocycles. The van der Waals surface area contributed by atoms with Crippen molar-refractivity contribution >= 4 is 33.1 Å². The van der Waals surface area contributed by atoms with Gasteiger partial charge in [-0.3, -0.25) is 0 Å². The number of hydrogen-bond donors (Lipinski definition) is 0. The molecule has 0 spiro atoms. The normalized spacial score (nSPS) is 11.1. The summed E-state index contributed by atoms with van der Waals surface area (Å²) in [6.45, 7) is 0. The molecule has 0 fully saturated rings. The average Bonchev–Trinajstić information content (AvgIpc) is 2.73. The molecule has 5 rings (SSSR count). The van der Waals surface area contributed by atoms with E-state index in [1.165, 1.54) is 38.4 Å². The number of rotatable bonds is 2. The van der Waals surface area contributed by atoms with Gasteiger partial charge < -0.3 is 0 Å². The van der Waals surface area contributed by atoms with Gasteiger partial charge in [0.2, 0.25) is 0 Å². The molecule has 0 aliphatic carbocycles. The first kappa shape index (κ1) is 16.1. The molecule has 0 amide bonds. The number of benzene rings is 5. The third-order valence-corrected chi connectivity index (χ3v) is 5.48. The summed E-state index contributed by atoms with van der Waals surface area (Å²) in [6.07, 6.45) is 0. The molecule has 0 unspecified atom stereocenters. The Bertz CT molecular complexity index is 1260. The predicted molar refractivity (Wildman–Crippen MR) is 117 cm³/mol. The molecular formula is C26H17Cl. The van der Waals surface area contributed by atoms with Crippen molar-refractivity contribution in [2.45, 2.75) is 0 Å². The smallest absolute Gasteiger partial charge is 0.0484 e. The first-order valence-electron chi connectivity index (χ1n) is 9.08. The van der Waals surface area contributed by atoms with Crippen LogP contribution in [-0.4, -0.2) is 0 Å². The fourth-order valence-corrected chi connectivity index (χ4v) is 4.17. The topological polar surface area (TPSA) is 0 Å². The van der Waals surface area contributed by atoms with E-state index >= 15 is 0 Å². The molecule has 0 heterocycles. The van der Waals surface area contributed by atoms with E-state index in [0.29, 0.717) is 0 Å². The fraction of sp³-hybridized carbons (Fsp3) is 0. The lowest BCUT2D eigenvalue weighted by molar-refractivity contribution is 1.64. The van der Waals surface area contributed by atoms with Gasteiger partial charge in [-0.1, -0.05) is 109 Å². The van der Waals surface area contributed by atoms with Crippen LogP contribution in [0.25, 0.3) is 43.8 Å². The Labute approximate surface area is 163 Å². The second-order valence-electron chi connectivity index (χ2n) is 6.72. The molecule has 0 nitrogen and oxygen atoms in total. The second-order valence-corrected chi connectivity index (χ2v) is 7.12. The Kier molecular flexibility index (Phi) is 3.92. The second kappa shape index (κ2) is 6.57. The predicted octanol–water partition coefficient (Wildman–Crippen LogP) is 7.98. The average molecular weight is 365 g/mol. The molecule has 128 valence electrons. The minimum Gasteiger partial charge on any atom is -0.0837 e. The van der Waals surface area contributed by atoms with Crippen LogP contribution in [0.15, 0.2) is 103 Å². The minimum atomic E-state index is 0.790. The summed E-state index contributed by atoms with van der Waals surface area (Å²) in [5.41, 5.74) is 4.93. The van der Waals surface area contributed by atoms with Crippen LogP contribution in [0.2, 0.25) is 5.02 Å². The van der Waals surface area contributed by atoms with Crippen molar-refractivity contribution in [3.05, 3.63) is 108 Å². The van der Waals surface area contributed by atoms with Gasteiger partial charge in [-0.25, -0.2) is 0 Å². The highest BCUT2D eigenvalue weighted by atomic mass is 35.5. The molecule has 0 N–H and O–H groups in total. The summed E-state index contributed by atoms with van der Waals surface area (Å²) in [6, 6.07) is 36.1. The molecule has 5 aromatic rings. The highest BCUT2D eigenvalue weighted by molar-refractivity contribution is 6.36. The van der Waals surface area contributed by atoms with Gasteiger partial charge in [0.05, 0.1) is 0 Å². The summed E-state index contributed by atoms with van der Waals surface area (Å²) < 4.78 is 0. The fourth-order valence-electron chi connectivity index (χ4n) is 3.93. The third-order valence-electron chi connectivity index (χ3n) is 5.15. The van der Waals surface area contributed by atoms with Crippen molar-refractivity contribution in [3.63, 3.8) is 0 Å². The monoisotopic (exact) mass is 364 g/mol. The largest absolute Gasteiger partial charge is 0.0837 e. The molecule has 0 bridgehead atoms. The zero-order valence-electron chi connectivity index (χ0n) is 14.7. The summed E-state index contributed by atoms with van der Waals surface area (Å²) in [4.78, 5) is 0. The Morgan fingerprint density at radius 3 is 1.89 bits per heavy atom. The molecular weight excluding hydrogens is 348 g/mol. The SMILES string of the molecule is Clc1cccc2c(-c3cccc4cccc(-c5ccccc5)c34)cccc12. The first-order chi connectivity index (χ1) is 13.3. The van der Waals surface area contributed by atoms with Crippen LogP contribution in [0.5, 0.6) is 0 Å². The zero-order chi connectivity index (χ0) is 18.2. The van der Waals surface area contributed by atoms with E-state index < -0.39 is 0 Å². The molecule has 27 heavy (non-hydrogen) atoms. The first-order valence-corrected chi connectivity index (χ1v) is 9.45. The van der Waals surface area contributed by atoms with Gasteiger partial charge in [0, 0.05) is 10.4 Å². The van der Waals surface area contributed by atoms with Crippen LogP contribution in [0.1, 0.15) is 0 Å². The molecule has 0 aliphatic heterocycles. The van der Waals surface area contributed by atoms with E-state index in [1.54, 1.807) is 0 Å². The molecule has 0 saturated carbocycles. The highest BCUT2D eigenvalue weighted by Gasteiger charge is 2.12. The van der Waals surface area contributed by atoms with Gasteiger partial charge in [0.15, 0.2) is 0 Å². The van der Waals surface area contributed by atoms with E-state index in [9.17, 15) is 0 Å². The van der Waals surface area contributed by atoms with Crippen LogP contribution in [0.3, 0.4) is 0 Å². The van der Waals surface area contributed by atoms with Crippen molar-refractivity contribution in [1.82, 2.24) is 0 Å². The maximum absolute atomic E-state index is 6.46. The van der Waals surface area contributed by atoms with Gasteiger partial charge in [0.1, 0.15) is 0 Å². The van der Waals surface area contributed by atoms with Crippen molar-refractivity contribution in [3.8, 4) is 22.3 Å². The standard InChI is InChI=1S/C26H17Cl/c27-25-17-7-14-21-22(13-6-15-23(21)25)24-16-5-11-19-10-4-12-20(26(19)24)18-8-2-1-3-9-18/h1-17H. The van der Waals surface area contributed by atoms with Crippen molar-refractivity contribution in [1.29, 1.82) is 0 Å². The van der Waals surface area contributed by atoms with Crippen LogP contribution in [-0.2, 0) is 0 Å². The van der Waals surface area contributed by atoms with Crippen LogP contribution < -0.4 is 0 Å². The maximum atomic E-state index is 6.46. The van der Waals surface area contributed by atoms with E-state index in [4.69, 9.17) is 11.6 Å². The lowest BCUT2D eigenvalue weighted by Crippen LogP contribution is -1.88. The van der Waals surface area contributed by atoms with Gasteiger partial charge in [-0.05, 0) is 44.5 Å². The highest BCUT2D eigenvalue weighted by Crippen LogP contribution is 2.39. The van der Waals surface area contributed by atoms with Gasteiger partial charge in [0.25, 0.3) is 0 Å². The van der Waals surface area contributed by atoms with Crippen molar-refractivity contribution in [2.24, 2.45) is 0 Å². The van der Waals surface area contributed by atoms with E-state index in [0.717, 1.165) is 10.4 Å². The number of halogens is 1. The zero-order valence-corrected chi connectivity index (χ0v) is 15.4. The Hall–Kier alpha value is -3.09. The molecule has 0 saturated heterocycles. The van der Waals surface area contributed by atoms with Crippen molar-refractivity contribution in [2.75, 3.05) is 0 Å². The van der Waals surface area contributed by atoms with Crippen LogP contribution in [0, 0.1) is 0 Å². The maximum Gasteiger partial charge on any atom is 0.0484 e. The minimum absolute atomic E-state index is 0.790. The van der Waals surface area contributed by atoms with E-state index in [1.807, 2.05) is 12.1 Å². The van der Waals surface area contributed by atoms with E-state index in [-0.39, 0.29) is 0 Å². The van der Waals surface area contributed by atoms with Crippen molar-refractivity contribution < 1.29 is 0 Å². The summed E-state index contributed by atoms with van der Waals surface area (Å²) >= 11 is 6.46. The summed E-state index contributed by atoms with van der Waals surface area (Å²) in [7, 11) is 0. The van der Waals surface area contributed by atoms with Gasteiger partial charge >= 0.3 is 0 Å². The van der Waals surface area contributed by atoms with Crippen LogP contribution >= 0.6 is 11.6 Å².